The van der Waals surface area contributed by atoms with Gasteiger partial charge in [-0.05, 0) is 68.7 Å². The summed E-state index contributed by atoms with van der Waals surface area (Å²) >= 11 is 0. The largest absolute Gasteiger partial charge is 0.394 e. The molecule has 0 bridgehead atoms. The van der Waals surface area contributed by atoms with E-state index in [0.717, 1.165) is 16.7 Å². The lowest BCUT2D eigenvalue weighted by Gasteiger charge is -2.23. The Bertz CT molecular complexity index is 919. The number of carbonyl (C=O) groups excluding carboxylic acids is 1. The summed E-state index contributed by atoms with van der Waals surface area (Å²) in [6.45, 7) is 7.10. The van der Waals surface area contributed by atoms with Gasteiger partial charge in [0, 0.05) is 5.69 Å². The number of carbonyl (C=O) groups is 1. The van der Waals surface area contributed by atoms with E-state index in [9.17, 15) is 18.3 Å². The van der Waals surface area contributed by atoms with Gasteiger partial charge in [0.2, 0.25) is 5.91 Å². The second-order valence-corrected chi connectivity index (χ2v) is 9.00. The highest BCUT2D eigenvalue weighted by Crippen LogP contribution is 2.19. The zero-order chi connectivity index (χ0) is 20.2. The van der Waals surface area contributed by atoms with E-state index in [0.29, 0.717) is 5.69 Å². The molecule has 0 aliphatic rings. The Balaban J connectivity index is 2.06. The third-order valence-electron chi connectivity index (χ3n) is 4.23. The van der Waals surface area contributed by atoms with Gasteiger partial charge in [-0.3, -0.25) is 9.52 Å². The van der Waals surface area contributed by atoms with Gasteiger partial charge in [0.05, 0.1) is 23.5 Å². The van der Waals surface area contributed by atoms with Gasteiger partial charge in [-0.25, -0.2) is 8.42 Å². The standard InChI is InChI=1S/C20H26N2O4S/c1-14-5-10-18(11-15(14)2)27(25,26)22-17-8-6-16(7-9-17)12-19(24)21-20(3,4)13-23/h5-11,22-23H,12-13H2,1-4H3,(H,21,24). The summed E-state index contributed by atoms with van der Waals surface area (Å²) in [4.78, 5) is 12.2. The average Bonchev–Trinajstić information content (AvgIpc) is 2.58. The highest BCUT2D eigenvalue weighted by Gasteiger charge is 2.19. The summed E-state index contributed by atoms with van der Waals surface area (Å²) in [6, 6.07) is 11.6. The summed E-state index contributed by atoms with van der Waals surface area (Å²) in [6.07, 6.45) is 0.146. The minimum Gasteiger partial charge on any atom is -0.394 e. The first-order chi connectivity index (χ1) is 12.5. The van der Waals surface area contributed by atoms with Crippen LogP contribution in [-0.4, -0.2) is 31.6 Å². The maximum atomic E-state index is 12.5. The van der Waals surface area contributed by atoms with E-state index in [-0.39, 0.29) is 23.8 Å². The van der Waals surface area contributed by atoms with Crippen molar-refractivity contribution in [2.45, 2.75) is 44.6 Å². The monoisotopic (exact) mass is 390 g/mol. The second kappa shape index (κ2) is 8.10. The molecule has 0 atom stereocenters. The van der Waals surface area contributed by atoms with Crippen LogP contribution in [0.4, 0.5) is 5.69 Å². The van der Waals surface area contributed by atoms with Crippen LogP contribution < -0.4 is 10.0 Å². The molecule has 0 fully saturated rings. The van der Waals surface area contributed by atoms with Crippen molar-refractivity contribution >= 4 is 21.6 Å². The van der Waals surface area contributed by atoms with Gasteiger partial charge >= 0.3 is 0 Å². The molecule has 0 unspecified atom stereocenters. The number of nitrogens with one attached hydrogen (secondary N) is 2. The molecule has 0 saturated heterocycles. The van der Waals surface area contributed by atoms with Crippen molar-refractivity contribution in [1.82, 2.24) is 5.32 Å². The van der Waals surface area contributed by atoms with E-state index in [2.05, 4.69) is 10.0 Å². The Morgan fingerprint density at radius 1 is 1.04 bits per heavy atom. The zero-order valence-electron chi connectivity index (χ0n) is 16.0. The summed E-state index contributed by atoms with van der Waals surface area (Å²) in [7, 11) is -3.67. The van der Waals surface area contributed by atoms with Crippen LogP contribution in [-0.2, 0) is 21.2 Å². The summed E-state index contributed by atoms with van der Waals surface area (Å²) < 4.78 is 27.6. The van der Waals surface area contributed by atoms with Crippen molar-refractivity contribution in [3.05, 3.63) is 59.2 Å². The lowest BCUT2D eigenvalue weighted by molar-refractivity contribution is -0.122. The minimum atomic E-state index is -3.67. The molecule has 0 heterocycles. The number of benzene rings is 2. The van der Waals surface area contributed by atoms with E-state index >= 15 is 0 Å². The van der Waals surface area contributed by atoms with E-state index < -0.39 is 15.6 Å². The van der Waals surface area contributed by atoms with E-state index in [4.69, 9.17) is 0 Å². The zero-order valence-corrected chi connectivity index (χ0v) is 16.9. The predicted octanol–water partition coefficient (Wildman–Crippen LogP) is 2.53. The smallest absolute Gasteiger partial charge is 0.261 e. The molecule has 2 aromatic carbocycles. The van der Waals surface area contributed by atoms with Crippen molar-refractivity contribution < 1.29 is 18.3 Å². The normalized spacial score (nSPS) is 11.9. The van der Waals surface area contributed by atoms with Gasteiger partial charge in [0.1, 0.15) is 0 Å². The van der Waals surface area contributed by atoms with Crippen LogP contribution in [0.25, 0.3) is 0 Å². The van der Waals surface area contributed by atoms with Crippen molar-refractivity contribution in [2.24, 2.45) is 0 Å². The first-order valence-corrected chi connectivity index (χ1v) is 10.1. The van der Waals surface area contributed by atoms with Gasteiger partial charge in [-0.1, -0.05) is 18.2 Å². The fourth-order valence-electron chi connectivity index (χ4n) is 2.43. The van der Waals surface area contributed by atoms with Gasteiger partial charge in [0.25, 0.3) is 10.0 Å². The van der Waals surface area contributed by atoms with Crippen LogP contribution >= 0.6 is 0 Å². The molecule has 146 valence electrons. The SMILES string of the molecule is Cc1ccc(S(=O)(=O)Nc2ccc(CC(=O)NC(C)(C)CO)cc2)cc1C. The van der Waals surface area contributed by atoms with Crippen LogP contribution in [0, 0.1) is 13.8 Å². The van der Waals surface area contributed by atoms with Gasteiger partial charge in [-0.15, -0.1) is 0 Å². The Labute approximate surface area is 160 Å². The second-order valence-electron chi connectivity index (χ2n) is 7.32. The van der Waals surface area contributed by atoms with Crippen LogP contribution in [0.1, 0.15) is 30.5 Å². The topological polar surface area (TPSA) is 95.5 Å². The fourth-order valence-corrected chi connectivity index (χ4v) is 3.58. The van der Waals surface area contributed by atoms with Gasteiger partial charge in [0.15, 0.2) is 0 Å². The third-order valence-corrected chi connectivity index (χ3v) is 5.61. The number of hydrogen-bond donors (Lipinski definition) is 3. The molecule has 0 radical (unpaired) electrons. The Morgan fingerprint density at radius 2 is 1.67 bits per heavy atom. The number of aliphatic hydroxyl groups is 1. The summed E-state index contributed by atoms with van der Waals surface area (Å²) in [5, 5.41) is 11.9. The maximum Gasteiger partial charge on any atom is 0.261 e. The molecule has 0 saturated carbocycles. The van der Waals surface area contributed by atoms with Crippen LogP contribution in [0.3, 0.4) is 0 Å². The number of hydrogen-bond acceptors (Lipinski definition) is 4. The lowest BCUT2D eigenvalue weighted by atomic mass is 10.1. The minimum absolute atomic E-state index is 0.146. The lowest BCUT2D eigenvalue weighted by Crippen LogP contribution is -2.46. The van der Waals surface area contributed by atoms with E-state index in [1.165, 1.54) is 0 Å². The molecule has 27 heavy (non-hydrogen) atoms. The van der Waals surface area contributed by atoms with Crippen LogP contribution in [0.15, 0.2) is 47.4 Å². The number of anilines is 1. The van der Waals surface area contributed by atoms with Crippen molar-refractivity contribution in [1.29, 1.82) is 0 Å². The Hall–Kier alpha value is -2.38. The molecule has 3 N–H and O–H groups in total. The maximum absolute atomic E-state index is 12.5. The molecule has 0 aromatic heterocycles. The number of aryl methyl sites for hydroxylation is 2. The number of rotatable bonds is 7. The predicted molar refractivity (Wildman–Crippen MR) is 106 cm³/mol. The van der Waals surface area contributed by atoms with E-state index in [1.54, 1.807) is 56.3 Å². The summed E-state index contributed by atoms with van der Waals surface area (Å²) in [5.74, 6) is -0.211. The molecule has 0 spiro atoms. The Kier molecular flexibility index (Phi) is 6.28. The van der Waals surface area contributed by atoms with Gasteiger partial charge in [-0.2, -0.15) is 0 Å². The van der Waals surface area contributed by atoms with Crippen molar-refractivity contribution in [3.8, 4) is 0 Å². The molecule has 6 nitrogen and oxygen atoms in total. The highest BCUT2D eigenvalue weighted by atomic mass is 32.2. The van der Waals surface area contributed by atoms with Gasteiger partial charge < -0.3 is 10.4 Å². The quantitative estimate of drug-likeness (QED) is 0.677. The first kappa shape index (κ1) is 20.9. The molecule has 1 amide bonds. The van der Waals surface area contributed by atoms with Crippen molar-refractivity contribution in [3.63, 3.8) is 0 Å². The number of amides is 1. The highest BCUT2D eigenvalue weighted by molar-refractivity contribution is 7.92. The molecule has 0 aliphatic carbocycles. The fraction of sp³-hybridized carbons (Fsp3) is 0.350. The van der Waals surface area contributed by atoms with E-state index in [1.807, 2.05) is 13.8 Å². The molecule has 2 aromatic rings. The first-order valence-electron chi connectivity index (χ1n) is 8.63. The molecule has 7 heteroatoms. The molecular formula is C20H26N2O4S. The number of aliphatic hydroxyl groups excluding tert-OH is 1. The third kappa shape index (κ3) is 5.80. The average molecular weight is 391 g/mol. The van der Waals surface area contributed by atoms with Crippen LogP contribution in [0.5, 0.6) is 0 Å². The molecular weight excluding hydrogens is 364 g/mol. The summed E-state index contributed by atoms with van der Waals surface area (Å²) in [5.41, 5.74) is 2.42. The van der Waals surface area contributed by atoms with Crippen molar-refractivity contribution in [2.75, 3.05) is 11.3 Å². The Morgan fingerprint density at radius 3 is 2.22 bits per heavy atom. The molecule has 2 rings (SSSR count). The van der Waals surface area contributed by atoms with Crippen LogP contribution in [0.2, 0.25) is 0 Å². The number of sulfonamides is 1. The molecule has 0 aliphatic heterocycles.